The molecule has 1 heterocycles. The van der Waals surface area contributed by atoms with Gasteiger partial charge in [0.05, 0.1) is 5.56 Å². The largest absolute Gasteiger partial charge is 0.478 e. The van der Waals surface area contributed by atoms with Gasteiger partial charge in [-0.25, -0.2) is 4.79 Å². The van der Waals surface area contributed by atoms with Crippen molar-refractivity contribution in [2.24, 2.45) is 0 Å². The third-order valence-corrected chi connectivity index (χ3v) is 3.92. The number of nitrogens with one attached hydrogen (secondary N) is 1. The van der Waals surface area contributed by atoms with Crippen LogP contribution in [0.2, 0.25) is 0 Å². The van der Waals surface area contributed by atoms with Gasteiger partial charge in [-0.1, -0.05) is 18.2 Å². The van der Waals surface area contributed by atoms with Crippen LogP contribution < -0.4 is 10.9 Å². The van der Waals surface area contributed by atoms with Crippen LogP contribution in [-0.2, 0) is 16.9 Å². The lowest BCUT2D eigenvalue weighted by atomic mass is 10.0. The van der Waals surface area contributed by atoms with Crippen molar-refractivity contribution in [3.63, 3.8) is 0 Å². The first-order chi connectivity index (χ1) is 11.2. The van der Waals surface area contributed by atoms with Crippen molar-refractivity contribution in [2.45, 2.75) is 32.9 Å². The Morgan fingerprint density at radius 2 is 1.75 bits per heavy atom. The zero-order valence-electron chi connectivity index (χ0n) is 13.9. The van der Waals surface area contributed by atoms with Crippen molar-refractivity contribution in [1.82, 2.24) is 9.88 Å². The van der Waals surface area contributed by atoms with E-state index in [0.717, 1.165) is 5.56 Å². The molecule has 0 unspecified atom stereocenters. The summed E-state index contributed by atoms with van der Waals surface area (Å²) in [6, 6.07) is 11.1. The summed E-state index contributed by atoms with van der Waals surface area (Å²) in [6.45, 7) is 5.40. The van der Waals surface area contributed by atoms with Crippen LogP contribution in [0.4, 0.5) is 0 Å². The molecule has 1 aromatic heterocycles. The Bertz CT molecular complexity index is 820. The van der Waals surface area contributed by atoms with Crippen LogP contribution in [0.5, 0.6) is 0 Å². The number of rotatable bonds is 5. The van der Waals surface area contributed by atoms with E-state index < -0.39 is 11.5 Å². The molecule has 126 valence electrons. The smallest absolute Gasteiger partial charge is 0.335 e. The number of carbonyl (C=O) groups excluding carboxylic acids is 1. The molecule has 0 bridgehead atoms. The minimum absolute atomic E-state index is 0.192. The van der Waals surface area contributed by atoms with Crippen molar-refractivity contribution in [3.8, 4) is 0 Å². The van der Waals surface area contributed by atoms with Crippen LogP contribution in [0, 0.1) is 6.92 Å². The summed E-state index contributed by atoms with van der Waals surface area (Å²) in [6.07, 6.45) is 0. The molecule has 24 heavy (non-hydrogen) atoms. The second kappa shape index (κ2) is 6.70. The fourth-order valence-electron chi connectivity index (χ4n) is 2.57. The van der Waals surface area contributed by atoms with Gasteiger partial charge in [0.1, 0.15) is 5.54 Å². The zero-order chi connectivity index (χ0) is 17.9. The van der Waals surface area contributed by atoms with Gasteiger partial charge in [0, 0.05) is 18.3 Å². The Morgan fingerprint density at radius 3 is 2.29 bits per heavy atom. The molecule has 0 spiro atoms. The van der Waals surface area contributed by atoms with E-state index in [4.69, 9.17) is 5.11 Å². The fraction of sp³-hybridized carbons (Fsp3) is 0.278. The van der Waals surface area contributed by atoms with E-state index in [-0.39, 0.29) is 23.6 Å². The molecule has 0 radical (unpaired) electrons. The number of aryl methyl sites for hydroxylation is 1. The first kappa shape index (κ1) is 17.5. The lowest BCUT2D eigenvalue weighted by Gasteiger charge is -2.28. The van der Waals surface area contributed by atoms with Crippen LogP contribution >= 0.6 is 0 Å². The summed E-state index contributed by atoms with van der Waals surface area (Å²) < 4.78 is 1.45. The van der Waals surface area contributed by atoms with Crippen molar-refractivity contribution in [1.29, 1.82) is 0 Å². The number of nitrogens with zero attached hydrogens (tertiary/aromatic N) is 1. The quantitative estimate of drug-likeness (QED) is 0.877. The Hall–Kier alpha value is -2.89. The maximum atomic E-state index is 12.6. The Balaban J connectivity index is 2.14. The average molecular weight is 328 g/mol. The molecular formula is C18H20N2O4. The SMILES string of the molecule is Cc1cccc(=O)n1C(C)(C)C(=O)NCc1ccc(C(=O)O)cc1. The van der Waals surface area contributed by atoms with Crippen molar-refractivity contribution in [2.75, 3.05) is 0 Å². The minimum Gasteiger partial charge on any atom is -0.478 e. The molecule has 0 saturated heterocycles. The number of hydrogen-bond acceptors (Lipinski definition) is 3. The maximum absolute atomic E-state index is 12.6. The zero-order valence-corrected chi connectivity index (χ0v) is 13.9. The monoisotopic (exact) mass is 328 g/mol. The lowest BCUT2D eigenvalue weighted by Crippen LogP contribution is -2.49. The Morgan fingerprint density at radius 1 is 1.12 bits per heavy atom. The number of amides is 1. The Kier molecular flexibility index (Phi) is 4.87. The average Bonchev–Trinajstić information content (AvgIpc) is 2.52. The van der Waals surface area contributed by atoms with Crippen LogP contribution in [-0.4, -0.2) is 21.6 Å². The van der Waals surface area contributed by atoms with Gasteiger partial charge < -0.3 is 10.4 Å². The van der Waals surface area contributed by atoms with Gasteiger partial charge in [-0.05, 0) is 44.5 Å². The number of carbonyl (C=O) groups is 2. The molecule has 1 aromatic carbocycles. The molecule has 0 aliphatic carbocycles. The highest BCUT2D eigenvalue weighted by molar-refractivity contribution is 5.87. The molecule has 6 nitrogen and oxygen atoms in total. The maximum Gasteiger partial charge on any atom is 0.335 e. The van der Waals surface area contributed by atoms with Gasteiger partial charge in [-0.15, -0.1) is 0 Å². The molecule has 2 N–H and O–H groups in total. The first-order valence-electron chi connectivity index (χ1n) is 7.53. The molecule has 0 atom stereocenters. The van der Waals surface area contributed by atoms with E-state index in [9.17, 15) is 14.4 Å². The highest BCUT2D eigenvalue weighted by Gasteiger charge is 2.31. The summed E-state index contributed by atoms with van der Waals surface area (Å²) in [5.74, 6) is -1.29. The minimum atomic E-state index is -1.04. The highest BCUT2D eigenvalue weighted by atomic mass is 16.4. The van der Waals surface area contributed by atoms with Gasteiger partial charge in [-0.2, -0.15) is 0 Å². The van der Waals surface area contributed by atoms with E-state index in [1.165, 1.54) is 22.8 Å². The molecule has 2 rings (SSSR count). The van der Waals surface area contributed by atoms with Crippen molar-refractivity contribution >= 4 is 11.9 Å². The molecule has 6 heteroatoms. The second-order valence-corrected chi connectivity index (χ2v) is 6.08. The van der Waals surface area contributed by atoms with Crippen molar-refractivity contribution in [3.05, 3.63) is 69.6 Å². The number of hydrogen-bond donors (Lipinski definition) is 2. The third kappa shape index (κ3) is 3.53. The topological polar surface area (TPSA) is 88.4 Å². The predicted molar refractivity (Wildman–Crippen MR) is 90.0 cm³/mol. The number of pyridine rings is 1. The summed E-state index contributed by atoms with van der Waals surface area (Å²) >= 11 is 0. The van der Waals surface area contributed by atoms with Crippen LogP contribution in [0.1, 0.15) is 35.5 Å². The second-order valence-electron chi connectivity index (χ2n) is 6.08. The van der Waals surface area contributed by atoms with Gasteiger partial charge in [-0.3, -0.25) is 14.2 Å². The lowest BCUT2D eigenvalue weighted by molar-refractivity contribution is -0.128. The molecule has 0 fully saturated rings. The number of aromatic carboxylic acids is 1. The highest BCUT2D eigenvalue weighted by Crippen LogP contribution is 2.16. The Labute approximate surface area is 139 Å². The standard InChI is InChI=1S/C18H20N2O4/c1-12-5-4-6-15(21)20(12)18(2,3)17(24)19-11-13-7-9-14(10-8-13)16(22)23/h4-10H,11H2,1-3H3,(H,19,24)(H,22,23). The van der Waals surface area contributed by atoms with Crippen LogP contribution in [0.25, 0.3) is 0 Å². The predicted octanol–water partition coefficient (Wildman–Crippen LogP) is 1.91. The van der Waals surface area contributed by atoms with Gasteiger partial charge >= 0.3 is 5.97 Å². The van der Waals surface area contributed by atoms with E-state index in [1.54, 1.807) is 45.0 Å². The molecule has 0 aliphatic heterocycles. The third-order valence-electron chi connectivity index (χ3n) is 3.92. The molecular weight excluding hydrogens is 308 g/mol. The van der Waals surface area contributed by atoms with E-state index in [2.05, 4.69) is 5.32 Å². The van der Waals surface area contributed by atoms with E-state index in [0.29, 0.717) is 5.69 Å². The molecule has 2 aromatic rings. The normalized spacial score (nSPS) is 11.1. The molecule has 0 aliphatic rings. The van der Waals surface area contributed by atoms with E-state index in [1.807, 2.05) is 0 Å². The summed E-state index contributed by atoms with van der Waals surface area (Å²) in [7, 11) is 0. The molecule has 0 saturated carbocycles. The summed E-state index contributed by atoms with van der Waals surface area (Å²) in [4.78, 5) is 35.5. The molecule has 1 amide bonds. The number of benzene rings is 1. The van der Waals surface area contributed by atoms with Gasteiger partial charge in [0.2, 0.25) is 5.91 Å². The fourth-order valence-corrected chi connectivity index (χ4v) is 2.57. The van der Waals surface area contributed by atoms with Crippen LogP contribution in [0.15, 0.2) is 47.3 Å². The summed E-state index contributed by atoms with van der Waals surface area (Å²) in [5, 5.41) is 11.7. The van der Waals surface area contributed by atoms with Crippen molar-refractivity contribution < 1.29 is 14.7 Å². The first-order valence-corrected chi connectivity index (χ1v) is 7.53. The number of carboxylic acids is 1. The van der Waals surface area contributed by atoms with Crippen LogP contribution in [0.3, 0.4) is 0 Å². The number of aromatic nitrogens is 1. The summed E-state index contributed by atoms with van der Waals surface area (Å²) in [5.41, 5.74) is 0.399. The van der Waals surface area contributed by atoms with Gasteiger partial charge in [0.25, 0.3) is 5.56 Å². The van der Waals surface area contributed by atoms with Gasteiger partial charge in [0.15, 0.2) is 0 Å². The van der Waals surface area contributed by atoms with E-state index >= 15 is 0 Å². The number of carboxylic acid groups (broad SMARTS) is 1.